The van der Waals surface area contributed by atoms with E-state index >= 15 is 0 Å². The van der Waals surface area contributed by atoms with Gasteiger partial charge in [0.25, 0.3) is 0 Å². The number of carbonyl (C=O) groups is 1. The van der Waals surface area contributed by atoms with E-state index in [2.05, 4.69) is 9.97 Å². The third-order valence-electron chi connectivity index (χ3n) is 5.93. The molecule has 0 atom stereocenters. The number of rotatable bonds is 11. The second kappa shape index (κ2) is 11.2. The molecule has 2 aromatic heterocycles. The summed E-state index contributed by atoms with van der Waals surface area (Å²) >= 11 is 0. The number of nitrogens with one attached hydrogen (secondary N) is 1. The highest BCUT2D eigenvalue weighted by Gasteiger charge is 2.30. The summed E-state index contributed by atoms with van der Waals surface area (Å²) in [6.45, 7) is 1.82. The highest BCUT2D eigenvalue weighted by atomic mass is 16.6. The van der Waals surface area contributed by atoms with Crippen LogP contribution in [0.3, 0.4) is 0 Å². The van der Waals surface area contributed by atoms with E-state index in [1.807, 2.05) is 6.07 Å². The first-order valence-electron chi connectivity index (χ1n) is 11.6. The third kappa shape index (κ3) is 4.61. The van der Waals surface area contributed by atoms with Gasteiger partial charge in [-0.05, 0) is 25.1 Å². The average Bonchev–Trinajstić information content (AvgIpc) is 3.30. The fourth-order valence-corrected chi connectivity index (χ4v) is 4.41. The maximum absolute atomic E-state index is 12.6. The van der Waals surface area contributed by atoms with Crippen LogP contribution in [0.4, 0.5) is 5.69 Å². The second-order valence-electron chi connectivity index (χ2n) is 8.03. The van der Waals surface area contributed by atoms with Crippen molar-refractivity contribution in [1.82, 2.24) is 9.97 Å². The normalized spacial score (nSPS) is 11.0. The van der Waals surface area contributed by atoms with Crippen LogP contribution in [0.25, 0.3) is 21.8 Å². The van der Waals surface area contributed by atoms with Crippen molar-refractivity contribution in [2.24, 2.45) is 0 Å². The van der Waals surface area contributed by atoms with Gasteiger partial charge in [-0.15, -0.1) is 0 Å². The van der Waals surface area contributed by atoms with E-state index in [-0.39, 0.29) is 54.0 Å². The molecule has 38 heavy (non-hydrogen) atoms. The monoisotopic (exact) mass is 525 g/mol. The number of methoxy groups -OCH3 is 4. The van der Waals surface area contributed by atoms with Crippen molar-refractivity contribution in [3.05, 3.63) is 57.4 Å². The molecule has 0 spiro atoms. The van der Waals surface area contributed by atoms with Crippen molar-refractivity contribution in [3.8, 4) is 23.0 Å². The Labute approximate surface area is 217 Å². The smallest absolute Gasteiger partial charge is 0.357 e. The molecule has 0 aliphatic heterocycles. The van der Waals surface area contributed by atoms with Gasteiger partial charge in [0, 0.05) is 23.4 Å². The van der Waals surface area contributed by atoms with Gasteiger partial charge in [-0.1, -0.05) is 6.07 Å². The van der Waals surface area contributed by atoms with Crippen LogP contribution in [-0.4, -0.2) is 55.9 Å². The number of benzene rings is 2. The summed E-state index contributed by atoms with van der Waals surface area (Å²) in [5.74, 6) is 0.143. The number of nitrogens with zero attached hydrogens (tertiary/aromatic N) is 2. The van der Waals surface area contributed by atoms with Crippen molar-refractivity contribution in [1.29, 1.82) is 0 Å². The van der Waals surface area contributed by atoms with Gasteiger partial charge in [0.15, 0.2) is 11.4 Å². The number of aromatic amines is 1. The highest BCUT2D eigenvalue weighted by molar-refractivity contribution is 6.13. The van der Waals surface area contributed by atoms with Crippen LogP contribution in [0.5, 0.6) is 23.0 Å². The Morgan fingerprint density at radius 2 is 1.76 bits per heavy atom. The molecule has 4 rings (SSSR count). The molecule has 0 fully saturated rings. The SMILES string of the molecule is CCOC(=O)c1ncc2[nH]c3cccc(OCc4cc(OC)c(OC)c(OC)c4[N+](=O)[O-])c3c2c1COC. The number of fused-ring (bicyclic) bond motifs is 3. The van der Waals surface area contributed by atoms with E-state index in [4.69, 9.17) is 28.4 Å². The molecule has 0 saturated carbocycles. The third-order valence-corrected chi connectivity index (χ3v) is 5.93. The van der Waals surface area contributed by atoms with E-state index in [1.165, 1.54) is 34.5 Å². The summed E-state index contributed by atoms with van der Waals surface area (Å²) in [4.78, 5) is 31.7. The van der Waals surface area contributed by atoms with Gasteiger partial charge in [-0.2, -0.15) is 0 Å². The maximum atomic E-state index is 12.6. The average molecular weight is 526 g/mol. The molecule has 0 aliphatic rings. The number of nitro groups is 1. The van der Waals surface area contributed by atoms with Crippen LogP contribution in [0, 0.1) is 10.1 Å². The molecule has 4 aromatic rings. The van der Waals surface area contributed by atoms with Crippen LogP contribution < -0.4 is 18.9 Å². The Hall–Kier alpha value is -4.58. The Morgan fingerprint density at radius 1 is 1.00 bits per heavy atom. The number of hydrogen-bond acceptors (Lipinski definition) is 10. The van der Waals surface area contributed by atoms with Crippen molar-refractivity contribution in [2.45, 2.75) is 20.1 Å². The van der Waals surface area contributed by atoms with Crippen LogP contribution in [0.15, 0.2) is 30.5 Å². The quantitative estimate of drug-likeness (QED) is 0.168. The van der Waals surface area contributed by atoms with Gasteiger partial charge in [-0.3, -0.25) is 10.1 Å². The zero-order valence-corrected chi connectivity index (χ0v) is 21.6. The Balaban J connectivity index is 1.87. The predicted molar refractivity (Wildman–Crippen MR) is 137 cm³/mol. The van der Waals surface area contributed by atoms with Gasteiger partial charge in [0.1, 0.15) is 12.4 Å². The first-order valence-corrected chi connectivity index (χ1v) is 11.6. The maximum Gasteiger partial charge on any atom is 0.357 e. The van der Waals surface area contributed by atoms with Gasteiger partial charge in [0.2, 0.25) is 11.5 Å². The number of nitro benzene ring substituents is 1. The largest absolute Gasteiger partial charge is 0.493 e. The summed E-state index contributed by atoms with van der Waals surface area (Å²) in [5, 5.41) is 13.3. The lowest BCUT2D eigenvalue weighted by Crippen LogP contribution is -2.11. The summed E-state index contributed by atoms with van der Waals surface area (Å²) < 4.78 is 32.7. The molecule has 0 radical (unpaired) electrons. The summed E-state index contributed by atoms with van der Waals surface area (Å²) in [5.41, 5.74) is 1.96. The number of carbonyl (C=O) groups excluding carboxylic acids is 1. The van der Waals surface area contributed by atoms with E-state index < -0.39 is 10.9 Å². The van der Waals surface area contributed by atoms with E-state index in [9.17, 15) is 14.9 Å². The molecule has 0 bridgehead atoms. The molecule has 0 saturated heterocycles. The molecule has 0 unspecified atom stereocenters. The van der Waals surface area contributed by atoms with E-state index in [0.29, 0.717) is 27.6 Å². The lowest BCUT2D eigenvalue weighted by molar-refractivity contribution is -0.386. The van der Waals surface area contributed by atoms with E-state index in [1.54, 1.807) is 25.3 Å². The molecular formula is C26H27N3O9. The Bertz CT molecular complexity index is 1510. The minimum absolute atomic E-state index is 0.0757. The fraction of sp³-hybridized carbons (Fsp3) is 0.308. The van der Waals surface area contributed by atoms with Gasteiger partial charge in [-0.25, -0.2) is 9.78 Å². The summed E-state index contributed by atoms with van der Waals surface area (Å²) in [6, 6.07) is 6.85. The van der Waals surface area contributed by atoms with Crippen molar-refractivity contribution < 1.29 is 38.1 Å². The predicted octanol–water partition coefficient (Wildman–Crippen LogP) is 4.55. The molecule has 12 heteroatoms. The van der Waals surface area contributed by atoms with Crippen molar-refractivity contribution in [3.63, 3.8) is 0 Å². The zero-order valence-electron chi connectivity index (χ0n) is 21.6. The molecule has 12 nitrogen and oxygen atoms in total. The van der Waals surface area contributed by atoms with Crippen LogP contribution >= 0.6 is 0 Å². The number of pyridine rings is 1. The first kappa shape index (κ1) is 26.5. The van der Waals surface area contributed by atoms with Crippen molar-refractivity contribution >= 4 is 33.5 Å². The van der Waals surface area contributed by atoms with Crippen molar-refractivity contribution in [2.75, 3.05) is 35.0 Å². The number of ether oxygens (including phenoxy) is 6. The second-order valence-corrected chi connectivity index (χ2v) is 8.03. The van der Waals surface area contributed by atoms with Gasteiger partial charge >= 0.3 is 11.7 Å². The molecular weight excluding hydrogens is 498 g/mol. The molecule has 0 aliphatic carbocycles. The number of H-pyrrole nitrogens is 1. The van der Waals surface area contributed by atoms with Gasteiger partial charge in [0.05, 0.1) is 62.3 Å². The molecule has 2 aromatic carbocycles. The minimum Gasteiger partial charge on any atom is -0.493 e. The van der Waals surface area contributed by atoms with Crippen LogP contribution in [0.1, 0.15) is 28.5 Å². The number of hydrogen-bond donors (Lipinski definition) is 1. The minimum atomic E-state index is -0.567. The standard InChI is InChI=1S/C26H27N3O9/c1-6-37-26(30)22-15(13-33-2)20-17(11-27-22)28-16-8-7-9-18(21(16)20)38-12-14-10-19(34-3)24(35-4)25(36-5)23(14)29(31)32/h7-11,28H,6,12-13H2,1-5H3. The molecule has 200 valence electrons. The Morgan fingerprint density at radius 3 is 2.39 bits per heavy atom. The van der Waals surface area contributed by atoms with Crippen LogP contribution in [0.2, 0.25) is 0 Å². The summed E-state index contributed by atoms with van der Waals surface area (Å²) in [7, 11) is 5.62. The molecule has 1 N–H and O–H groups in total. The summed E-state index contributed by atoms with van der Waals surface area (Å²) in [6.07, 6.45) is 1.55. The number of aromatic nitrogens is 2. The lowest BCUT2D eigenvalue weighted by Gasteiger charge is -2.16. The number of esters is 1. The molecule has 2 heterocycles. The van der Waals surface area contributed by atoms with Gasteiger partial charge < -0.3 is 33.4 Å². The Kier molecular flexibility index (Phi) is 7.82. The topological polar surface area (TPSA) is 144 Å². The lowest BCUT2D eigenvalue weighted by atomic mass is 10.0. The first-order chi connectivity index (χ1) is 18.4. The molecule has 0 amide bonds. The van der Waals surface area contributed by atoms with E-state index in [0.717, 1.165) is 5.52 Å². The zero-order chi connectivity index (χ0) is 27.4. The van der Waals surface area contributed by atoms with Crippen LogP contribution in [-0.2, 0) is 22.7 Å². The highest BCUT2D eigenvalue weighted by Crippen LogP contribution is 2.47. The fourth-order valence-electron chi connectivity index (χ4n) is 4.41.